The van der Waals surface area contributed by atoms with Crippen molar-refractivity contribution >= 4 is 37.2 Å². The molecule has 0 aromatic heterocycles. The number of nitrogens with two attached hydrogens (primary N) is 3. The molecule has 1 rings (SSSR count). The molecule has 7 N–H and O–H groups in total. The first-order valence-electron chi connectivity index (χ1n) is 6.49. The van der Waals surface area contributed by atoms with E-state index in [0.717, 1.165) is 5.56 Å². The first-order chi connectivity index (χ1) is 8.24. The highest BCUT2D eigenvalue weighted by Gasteiger charge is 2.29. The average Bonchev–Trinajstić information content (AvgIpc) is 2.11. The first-order valence-corrected chi connectivity index (χ1v) is 6.49. The second-order valence-electron chi connectivity index (χ2n) is 7.09. The first kappa shape index (κ1) is 26.7. The topological polar surface area (TPSA) is 98.3 Å². The van der Waals surface area contributed by atoms with Crippen LogP contribution in [0.5, 0.6) is 5.75 Å². The van der Waals surface area contributed by atoms with Crippen molar-refractivity contribution in [1.82, 2.24) is 0 Å². The largest absolute Gasteiger partial charge is 0.507 e. The van der Waals surface area contributed by atoms with Crippen LogP contribution in [0.1, 0.15) is 58.2 Å². The van der Waals surface area contributed by atoms with Crippen LogP contribution >= 0.6 is 37.2 Å². The Balaban J connectivity index is -0.00000120. The van der Waals surface area contributed by atoms with Crippen LogP contribution in [0, 0.1) is 0 Å². The SMILES string of the molecule is CC(C)(N)c1cc(C(C)(C)N)c(O)c(C(C)(C)N)c1.Cl.Cl.Cl. The summed E-state index contributed by atoms with van der Waals surface area (Å²) in [4.78, 5) is 0. The minimum atomic E-state index is -0.661. The van der Waals surface area contributed by atoms with E-state index in [1.54, 1.807) is 0 Å². The van der Waals surface area contributed by atoms with Crippen LogP contribution in [0.25, 0.3) is 0 Å². The molecule has 0 unspecified atom stereocenters. The van der Waals surface area contributed by atoms with E-state index >= 15 is 0 Å². The molecule has 0 atom stereocenters. The van der Waals surface area contributed by atoms with Crippen molar-refractivity contribution in [2.75, 3.05) is 0 Å². The van der Waals surface area contributed by atoms with Crippen molar-refractivity contribution in [3.8, 4) is 5.75 Å². The average molecular weight is 375 g/mol. The lowest BCUT2D eigenvalue weighted by molar-refractivity contribution is 0.411. The van der Waals surface area contributed by atoms with Gasteiger partial charge >= 0.3 is 0 Å². The van der Waals surface area contributed by atoms with Gasteiger partial charge in [-0.15, -0.1) is 37.2 Å². The van der Waals surface area contributed by atoms with Gasteiger partial charge in [0.1, 0.15) is 5.75 Å². The predicted octanol–water partition coefficient (Wildman–Crippen LogP) is 3.24. The smallest absolute Gasteiger partial charge is 0.125 e. The Labute approximate surface area is 152 Å². The third-order valence-electron chi connectivity index (χ3n) is 3.24. The molecule has 22 heavy (non-hydrogen) atoms. The van der Waals surface area contributed by atoms with E-state index in [1.807, 2.05) is 53.7 Å². The molecule has 4 nitrogen and oxygen atoms in total. The fourth-order valence-corrected chi connectivity index (χ4v) is 1.99. The molecule has 0 radical (unpaired) electrons. The van der Waals surface area contributed by atoms with Gasteiger partial charge in [-0.1, -0.05) is 0 Å². The molecule has 0 aliphatic carbocycles. The minimum absolute atomic E-state index is 0. The third-order valence-corrected chi connectivity index (χ3v) is 3.24. The van der Waals surface area contributed by atoms with Gasteiger partial charge in [0.15, 0.2) is 0 Å². The summed E-state index contributed by atoms with van der Waals surface area (Å²) in [5.41, 5.74) is 18.8. The number of halogens is 3. The van der Waals surface area contributed by atoms with Gasteiger partial charge in [-0.25, -0.2) is 0 Å². The summed E-state index contributed by atoms with van der Waals surface area (Å²) in [6.07, 6.45) is 0. The van der Waals surface area contributed by atoms with E-state index in [1.165, 1.54) is 0 Å². The van der Waals surface area contributed by atoms with Gasteiger partial charge in [-0.05, 0) is 59.2 Å². The van der Waals surface area contributed by atoms with Crippen LogP contribution in [-0.2, 0) is 16.6 Å². The van der Waals surface area contributed by atoms with Crippen molar-refractivity contribution < 1.29 is 5.11 Å². The lowest BCUT2D eigenvalue weighted by atomic mass is 9.81. The molecule has 0 saturated carbocycles. The molecular weight excluding hydrogens is 345 g/mol. The summed E-state index contributed by atoms with van der Waals surface area (Å²) in [6.45, 7) is 11.2. The Bertz CT molecular complexity index is 451. The van der Waals surface area contributed by atoms with E-state index in [0.29, 0.717) is 11.1 Å². The number of hydrogen-bond donors (Lipinski definition) is 4. The fraction of sp³-hybridized carbons (Fsp3) is 0.600. The summed E-state index contributed by atoms with van der Waals surface area (Å²) in [5, 5.41) is 10.4. The lowest BCUT2D eigenvalue weighted by Gasteiger charge is -2.30. The van der Waals surface area contributed by atoms with E-state index in [2.05, 4.69) is 0 Å². The second-order valence-corrected chi connectivity index (χ2v) is 7.09. The minimum Gasteiger partial charge on any atom is -0.507 e. The van der Waals surface area contributed by atoms with Gasteiger partial charge in [0, 0.05) is 27.7 Å². The molecular formula is C15H30Cl3N3O. The maximum absolute atomic E-state index is 10.4. The highest BCUT2D eigenvalue weighted by molar-refractivity contribution is 5.86. The molecule has 0 aliphatic rings. The molecule has 0 spiro atoms. The van der Waals surface area contributed by atoms with Gasteiger partial charge in [0.2, 0.25) is 0 Å². The molecule has 1 aromatic carbocycles. The zero-order valence-corrected chi connectivity index (χ0v) is 16.5. The van der Waals surface area contributed by atoms with Crippen molar-refractivity contribution in [3.05, 3.63) is 28.8 Å². The van der Waals surface area contributed by atoms with E-state index in [4.69, 9.17) is 17.2 Å². The number of aromatic hydroxyl groups is 1. The Kier molecular flexibility index (Phi) is 9.75. The highest BCUT2D eigenvalue weighted by atomic mass is 35.5. The number of rotatable bonds is 3. The fourth-order valence-electron chi connectivity index (χ4n) is 1.99. The Morgan fingerprint density at radius 1 is 0.682 bits per heavy atom. The van der Waals surface area contributed by atoms with Crippen LogP contribution in [0.3, 0.4) is 0 Å². The summed E-state index contributed by atoms with van der Waals surface area (Å²) in [6, 6.07) is 3.73. The van der Waals surface area contributed by atoms with Gasteiger partial charge < -0.3 is 22.3 Å². The third kappa shape index (κ3) is 6.11. The van der Waals surface area contributed by atoms with Crippen molar-refractivity contribution in [2.45, 2.75) is 58.2 Å². The van der Waals surface area contributed by atoms with Crippen LogP contribution in [-0.4, -0.2) is 5.11 Å². The monoisotopic (exact) mass is 373 g/mol. The van der Waals surface area contributed by atoms with Crippen LogP contribution < -0.4 is 17.2 Å². The summed E-state index contributed by atoms with van der Waals surface area (Å²) >= 11 is 0. The lowest BCUT2D eigenvalue weighted by Crippen LogP contribution is -2.35. The quantitative estimate of drug-likeness (QED) is 0.652. The van der Waals surface area contributed by atoms with Gasteiger partial charge in [-0.3, -0.25) is 0 Å². The van der Waals surface area contributed by atoms with E-state index in [9.17, 15) is 5.11 Å². The molecule has 0 fully saturated rings. The number of hydrogen-bond acceptors (Lipinski definition) is 4. The Morgan fingerprint density at radius 3 is 1.14 bits per heavy atom. The van der Waals surface area contributed by atoms with E-state index < -0.39 is 16.6 Å². The molecule has 0 aliphatic heterocycles. The molecule has 1 aromatic rings. The maximum Gasteiger partial charge on any atom is 0.125 e. The zero-order valence-electron chi connectivity index (χ0n) is 14.1. The second kappa shape index (κ2) is 8.04. The van der Waals surface area contributed by atoms with Gasteiger partial charge in [-0.2, -0.15) is 0 Å². The molecule has 7 heteroatoms. The van der Waals surface area contributed by atoms with Crippen molar-refractivity contribution in [3.63, 3.8) is 0 Å². The molecule has 132 valence electrons. The van der Waals surface area contributed by atoms with Crippen molar-refractivity contribution in [2.24, 2.45) is 17.2 Å². The molecule has 0 bridgehead atoms. The number of phenols is 1. The van der Waals surface area contributed by atoms with Crippen molar-refractivity contribution in [1.29, 1.82) is 0 Å². The highest BCUT2D eigenvalue weighted by Crippen LogP contribution is 2.38. The maximum atomic E-state index is 10.4. The summed E-state index contributed by atoms with van der Waals surface area (Å²) in [5.74, 6) is 0.160. The van der Waals surface area contributed by atoms with E-state index in [-0.39, 0.29) is 43.0 Å². The zero-order chi connectivity index (χ0) is 15.2. The van der Waals surface area contributed by atoms with Gasteiger partial charge in [0.25, 0.3) is 0 Å². The number of phenolic OH excluding ortho intramolecular Hbond substituents is 1. The summed E-state index contributed by atoms with van der Waals surface area (Å²) < 4.78 is 0. The molecule has 0 amide bonds. The predicted molar refractivity (Wildman–Crippen MR) is 101 cm³/mol. The van der Waals surface area contributed by atoms with Gasteiger partial charge in [0.05, 0.1) is 0 Å². The van der Waals surface area contributed by atoms with Crippen LogP contribution in [0.4, 0.5) is 0 Å². The molecule has 0 heterocycles. The van der Waals surface area contributed by atoms with Crippen LogP contribution in [0.15, 0.2) is 12.1 Å². The molecule has 0 saturated heterocycles. The Morgan fingerprint density at radius 2 is 0.955 bits per heavy atom. The number of benzene rings is 1. The van der Waals surface area contributed by atoms with Crippen LogP contribution in [0.2, 0.25) is 0 Å². The normalized spacial score (nSPS) is 11.9. The summed E-state index contributed by atoms with van der Waals surface area (Å²) in [7, 11) is 0. The standard InChI is InChI=1S/C15H27N3O.3ClH/c1-13(2,16)9-7-10(14(3,4)17)12(19)11(8-9)15(5,6)18;;;/h7-8,19H,16-18H2,1-6H3;3*1H. The Hall–Kier alpha value is -0.230.